The van der Waals surface area contributed by atoms with Crippen LogP contribution >= 0.6 is 22.9 Å². The fourth-order valence-corrected chi connectivity index (χ4v) is 2.28. The minimum atomic E-state index is -0.551. The van der Waals surface area contributed by atoms with Gasteiger partial charge in [-0.05, 0) is 26.3 Å². The number of thiophene rings is 1. The van der Waals surface area contributed by atoms with Crippen LogP contribution in [0, 0.1) is 0 Å². The molecular formula is C11H16ClNO2S. The van der Waals surface area contributed by atoms with Gasteiger partial charge in [0, 0.05) is 16.7 Å². The molecule has 0 bridgehead atoms. The van der Waals surface area contributed by atoms with Gasteiger partial charge < -0.3 is 10.4 Å². The van der Waals surface area contributed by atoms with E-state index in [1.165, 1.54) is 0 Å². The lowest BCUT2D eigenvalue weighted by atomic mass is 10.1. The predicted molar refractivity (Wildman–Crippen MR) is 67.0 cm³/mol. The van der Waals surface area contributed by atoms with E-state index in [0.717, 1.165) is 9.90 Å². The lowest BCUT2D eigenvalue weighted by molar-refractivity contribution is -0.123. The summed E-state index contributed by atoms with van der Waals surface area (Å²) in [4.78, 5) is 12.6. The summed E-state index contributed by atoms with van der Waals surface area (Å²) < 4.78 is 0. The summed E-state index contributed by atoms with van der Waals surface area (Å²) in [6, 6.07) is 1.87. The molecule has 0 saturated carbocycles. The molecule has 1 heterocycles. The average molecular weight is 262 g/mol. The number of carbonyl (C=O) groups excluding carboxylic acids is 1. The SMILES string of the molecule is CC(C)(CO)NC(=O)CCc1cc(Cl)cs1. The quantitative estimate of drug-likeness (QED) is 0.854. The zero-order valence-electron chi connectivity index (χ0n) is 9.42. The average Bonchev–Trinajstić information content (AvgIpc) is 2.61. The second-order valence-corrected chi connectivity index (χ2v) is 5.75. The normalized spacial score (nSPS) is 11.5. The molecule has 0 aromatic carbocycles. The Morgan fingerprint density at radius 3 is 2.81 bits per heavy atom. The predicted octanol–water partition coefficient (Wildman–Crippen LogP) is 2.22. The highest BCUT2D eigenvalue weighted by Gasteiger charge is 2.18. The van der Waals surface area contributed by atoms with Crippen molar-refractivity contribution in [3.63, 3.8) is 0 Å². The van der Waals surface area contributed by atoms with Crippen LogP contribution < -0.4 is 5.32 Å². The maximum atomic E-state index is 11.5. The first-order valence-electron chi connectivity index (χ1n) is 5.08. The number of aliphatic hydroxyl groups is 1. The van der Waals surface area contributed by atoms with Gasteiger partial charge in [-0.15, -0.1) is 11.3 Å². The van der Waals surface area contributed by atoms with Crippen LogP contribution in [-0.2, 0) is 11.2 Å². The maximum Gasteiger partial charge on any atom is 0.220 e. The Labute approximate surface area is 104 Å². The van der Waals surface area contributed by atoms with Crippen LogP contribution in [0.3, 0.4) is 0 Å². The first-order chi connectivity index (χ1) is 7.43. The molecule has 1 amide bonds. The molecule has 5 heteroatoms. The van der Waals surface area contributed by atoms with Gasteiger partial charge in [-0.2, -0.15) is 0 Å². The standard InChI is InChI=1S/C11H16ClNO2S/c1-11(2,7-14)13-10(15)4-3-9-5-8(12)6-16-9/h5-6,14H,3-4,7H2,1-2H3,(H,13,15). The summed E-state index contributed by atoms with van der Waals surface area (Å²) in [6.07, 6.45) is 1.10. The summed E-state index contributed by atoms with van der Waals surface area (Å²) >= 11 is 7.34. The minimum Gasteiger partial charge on any atom is -0.394 e. The van der Waals surface area contributed by atoms with Crippen molar-refractivity contribution in [3.05, 3.63) is 21.3 Å². The molecule has 0 saturated heterocycles. The number of halogens is 1. The molecule has 0 aliphatic heterocycles. The molecule has 3 nitrogen and oxygen atoms in total. The number of nitrogens with one attached hydrogen (secondary N) is 1. The topological polar surface area (TPSA) is 49.3 Å². The monoisotopic (exact) mass is 261 g/mol. The van der Waals surface area contributed by atoms with E-state index in [0.29, 0.717) is 12.8 Å². The lowest BCUT2D eigenvalue weighted by Crippen LogP contribution is -2.46. The van der Waals surface area contributed by atoms with Crippen molar-refractivity contribution in [2.24, 2.45) is 0 Å². The Kier molecular flexibility index (Phi) is 4.77. The molecule has 0 aliphatic carbocycles. The van der Waals surface area contributed by atoms with Crippen LogP contribution in [0.1, 0.15) is 25.1 Å². The molecular weight excluding hydrogens is 246 g/mol. The van der Waals surface area contributed by atoms with E-state index in [-0.39, 0.29) is 12.5 Å². The summed E-state index contributed by atoms with van der Waals surface area (Å²) in [5, 5.41) is 14.3. The molecule has 1 aromatic heterocycles. The van der Waals surface area contributed by atoms with Gasteiger partial charge in [0.15, 0.2) is 0 Å². The number of rotatable bonds is 5. The fourth-order valence-electron chi connectivity index (χ4n) is 1.20. The van der Waals surface area contributed by atoms with Gasteiger partial charge in [-0.25, -0.2) is 0 Å². The third-order valence-corrected chi connectivity index (χ3v) is 3.44. The highest BCUT2D eigenvalue weighted by molar-refractivity contribution is 7.10. The van der Waals surface area contributed by atoms with E-state index in [1.807, 2.05) is 11.4 Å². The van der Waals surface area contributed by atoms with Crippen LogP contribution in [0.5, 0.6) is 0 Å². The lowest BCUT2D eigenvalue weighted by Gasteiger charge is -2.23. The van der Waals surface area contributed by atoms with Crippen molar-refractivity contribution in [2.45, 2.75) is 32.2 Å². The molecule has 16 heavy (non-hydrogen) atoms. The summed E-state index contributed by atoms with van der Waals surface area (Å²) in [7, 11) is 0. The first-order valence-corrected chi connectivity index (χ1v) is 6.33. The fraction of sp³-hybridized carbons (Fsp3) is 0.545. The van der Waals surface area contributed by atoms with Gasteiger partial charge in [-0.3, -0.25) is 4.79 Å². The second-order valence-electron chi connectivity index (χ2n) is 4.32. The molecule has 0 aliphatic rings. The van der Waals surface area contributed by atoms with E-state index in [1.54, 1.807) is 25.2 Å². The largest absolute Gasteiger partial charge is 0.394 e. The molecule has 1 rings (SSSR count). The van der Waals surface area contributed by atoms with Gasteiger partial charge in [0.2, 0.25) is 5.91 Å². The Hall–Kier alpha value is -0.580. The van der Waals surface area contributed by atoms with Crippen molar-refractivity contribution in [1.29, 1.82) is 0 Å². The van der Waals surface area contributed by atoms with Crippen LogP contribution in [0.15, 0.2) is 11.4 Å². The Morgan fingerprint density at radius 2 is 2.31 bits per heavy atom. The Bertz CT molecular complexity index is 363. The summed E-state index contributed by atoms with van der Waals surface area (Å²) in [5.74, 6) is -0.0522. The first kappa shape index (κ1) is 13.5. The van der Waals surface area contributed by atoms with Gasteiger partial charge in [0.05, 0.1) is 17.2 Å². The van der Waals surface area contributed by atoms with Crippen molar-refractivity contribution in [3.8, 4) is 0 Å². The molecule has 2 N–H and O–H groups in total. The molecule has 0 radical (unpaired) electrons. The second kappa shape index (κ2) is 5.66. The van der Waals surface area contributed by atoms with Gasteiger partial charge in [-0.1, -0.05) is 11.6 Å². The number of hydrogen-bond acceptors (Lipinski definition) is 3. The number of amides is 1. The van der Waals surface area contributed by atoms with E-state index in [2.05, 4.69) is 5.32 Å². The number of carbonyl (C=O) groups is 1. The van der Waals surface area contributed by atoms with E-state index < -0.39 is 5.54 Å². The molecule has 0 atom stereocenters. The number of hydrogen-bond donors (Lipinski definition) is 2. The zero-order chi connectivity index (χ0) is 12.2. The van der Waals surface area contributed by atoms with E-state index in [4.69, 9.17) is 16.7 Å². The van der Waals surface area contributed by atoms with Crippen molar-refractivity contribution >= 4 is 28.8 Å². The molecule has 0 spiro atoms. The summed E-state index contributed by atoms with van der Waals surface area (Å²) in [5.41, 5.74) is -0.551. The van der Waals surface area contributed by atoms with Crippen LogP contribution in [0.25, 0.3) is 0 Å². The van der Waals surface area contributed by atoms with Gasteiger partial charge in [0.1, 0.15) is 0 Å². The Balaban J connectivity index is 2.36. The smallest absolute Gasteiger partial charge is 0.220 e. The molecule has 1 aromatic rings. The van der Waals surface area contributed by atoms with Gasteiger partial charge in [0.25, 0.3) is 0 Å². The van der Waals surface area contributed by atoms with Crippen LogP contribution in [0.2, 0.25) is 5.02 Å². The zero-order valence-corrected chi connectivity index (χ0v) is 11.0. The summed E-state index contributed by atoms with van der Waals surface area (Å²) in [6.45, 7) is 3.50. The number of aliphatic hydroxyl groups excluding tert-OH is 1. The van der Waals surface area contributed by atoms with Crippen LogP contribution in [0.4, 0.5) is 0 Å². The third kappa shape index (κ3) is 4.51. The van der Waals surface area contributed by atoms with Gasteiger partial charge >= 0.3 is 0 Å². The highest BCUT2D eigenvalue weighted by Crippen LogP contribution is 2.20. The van der Waals surface area contributed by atoms with Crippen molar-refractivity contribution in [2.75, 3.05) is 6.61 Å². The third-order valence-electron chi connectivity index (χ3n) is 2.09. The van der Waals surface area contributed by atoms with Crippen LogP contribution in [-0.4, -0.2) is 23.2 Å². The molecule has 90 valence electrons. The maximum absolute atomic E-state index is 11.5. The minimum absolute atomic E-state index is 0.0522. The molecule has 0 fully saturated rings. The van der Waals surface area contributed by atoms with Crippen molar-refractivity contribution < 1.29 is 9.90 Å². The van der Waals surface area contributed by atoms with Crippen molar-refractivity contribution in [1.82, 2.24) is 5.32 Å². The van der Waals surface area contributed by atoms with E-state index in [9.17, 15) is 4.79 Å². The molecule has 0 unspecified atom stereocenters. The van der Waals surface area contributed by atoms with E-state index >= 15 is 0 Å². The Morgan fingerprint density at radius 1 is 1.62 bits per heavy atom. The number of aryl methyl sites for hydroxylation is 1. The highest BCUT2D eigenvalue weighted by atomic mass is 35.5.